The number of benzene rings is 2. The molecule has 0 spiro atoms. The average molecular weight is 500 g/mol. The molecule has 1 unspecified atom stereocenters. The number of aromatic nitrogens is 1. The van der Waals surface area contributed by atoms with Crippen LogP contribution in [0.5, 0.6) is 5.75 Å². The first-order valence-electron chi connectivity index (χ1n) is 13.5. The molecule has 7 heteroatoms. The second-order valence-electron chi connectivity index (χ2n) is 10.5. The molecule has 192 valence electrons. The molecular weight excluding hydrogens is 466 g/mol. The van der Waals surface area contributed by atoms with E-state index in [-0.39, 0.29) is 12.2 Å². The first-order valence-corrected chi connectivity index (χ1v) is 13.5. The highest BCUT2D eigenvalue weighted by molar-refractivity contribution is 5.96. The van der Waals surface area contributed by atoms with E-state index in [2.05, 4.69) is 22.0 Å². The summed E-state index contributed by atoms with van der Waals surface area (Å²) in [6, 6.07) is 16.6. The second kappa shape index (κ2) is 10.1. The summed E-state index contributed by atoms with van der Waals surface area (Å²) in [6.07, 6.45) is 7.09. The summed E-state index contributed by atoms with van der Waals surface area (Å²) in [7, 11) is 0. The van der Waals surface area contributed by atoms with Crippen molar-refractivity contribution in [3.63, 3.8) is 0 Å². The van der Waals surface area contributed by atoms with E-state index < -0.39 is 6.09 Å². The lowest BCUT2D eigenvalue weighted by atomic mass is 9.92. The summed E-state index contributed by atoms with van der Waals surface area (Å²) < 4.78 is 19.6. The Kier molecular flexibility index (Phi) is 6.52. The van der Waals surface area contributed by atoms with E-state index in [1.165, 1.54) is 6.42 Å². The smallest absolute Gasteiger partial charge is 0.411 e. The quantitative estimate of drug-likeness (QED) is 0.386. The van der Waals surface area contributed by atoms with Crippen molar-refractivity contribution in [1.82, 2.24) is 4.57 Å². The monoisotopic (exact) mass is 499 g/mol. The van der Waals surface area contributed by atoms with Crippen LogP contribution in [0.25, 0.3) is 22.2 Å². The van der Waals surface area contributed by atoms with Crippen LogP contribution in [0.2, 0.25) is 0 Å². The number of anilines is 1. The molecule has 3 aromatic rings. The van der Waals surface area contributed by atoms with Gasteiger partial charge in [0.15, 0.2) is 0 Å². The van der Waals surface area contributed by atoms with Crippen molar-refractivity contribution < 1.29 is 19.0 Å². The van der Waals surface area contributed by atoms with Crippen molar-refractivity contribution in [3.8, 4) is 23.1 Å². The van der Waals surface area contributed by atoms with Gasteiger partial charge in [0.05, 0.1) is 30.0 Å². The van der Waals surface area contributed by atoms with Crippen LogP contribution in [0.1, 0.15) is 63.5 Å². The Hall–Kier alpha value is -3.50. The topological polar surface area (TPSA) is 85.5 Å². The van der Waals surface area contributed by atoms with E-state index in [4.69, 9.17) is 14.2 Å². The Morgan fingerprint density at radius 3 is 2.49 bits per heavy atom. The largest absolute Gasteiger partial charge is 0.490 e. The van der Waals surface area contributed by atoms with Crippen LogP contribution in [0.15, 0.2) is 42.5 Å². The Bertz CT molecular complexity index is 1330. The summed E-state index contributed by atoms with van der Waals surface area (Å²) in [5, 5.41) is 14.0. The van der Waals surface area contributed by atoms with Crippen molar-refractivity contribution in [2.24, 2.45) is 5.92 Å². The SMILES string of the molecule is CC(OC(=O)Nc1ccc(-c2c(C#N)c3ccc(OC4CCOCC4)cc3n2C2CCC2)cc1)C1CC1. The van der Waals surface area contributed by atoms with Gasteiger partial charge in [-0.1, -0.05) is 12.1 Å². The molecular formula is C30H33N3O4. The molecule has 37 heavy (non-hydrogen) atoms. The number of amides is 1. The van der Waals surface area contributed by atoms with Gasteiger partial charge in [-0.05, 0) is 74.8 Å². The number of rotatable bonds is 7. The maximum absolute atomic E-state index is 12.3. The van der Waals surface area contributed by atoms with Gasteiger partial charge in [0.2, 0.25) is 0 Å². The lowest BCUT2D eigenvalue weighted by molar-refractivity contribution is 0.0256. The Labute approximate surface area is 217 Å². The van der Waals surface area contributed by atoms with Crippen molar-refractivity contribution in [1.29, 1.82) is 5.26 Å². The minimum atomic E-state index is -0.425. The van der Waals surface area contributed by atoms with E-state index in [0.717, 1.165) is 79.6 Å². The summed E-state index contributed by atoms with van der Waals surface area (Å²) in [5.74, 6) is 1.33. The van der Waals surface area contributed by atoms with E-state index in [1.54, 1.807) is 0 Å². The molecule has 1 amide bonds. The molecule has 3 fully saturated rings. The predicted octanol–water partition coefficient (Wildman–Crippen LogP) is 6.81. The van der Waals surface area contributed by atoms with E-state index in [9.17, 15) is 10.1 Å². The fourth-order valence-corrected chi connectivity index (χ4v) is 5.46. The standard InChI is InChI=1S/C30H33N3O4/c1-19(20-5-6-20)36-30(34)32-22-9-7-21(8-10-22)29-27(18-31)26-12-11-25(37-24-13-15-35-16-14-24)17-28(26)33(29)23-3-2-4-23/h7-12,17,19-20,23-24H,2-6,13-16H2,1H3,(H,32,34). The molecule has 2 aromatic carbocycles. The van der Waals surface area contributed by atoms with Gasteiger partial charge in [-0.3, -0.25) is 5.32 Å². The molecule has 1 aromatic heterocycles. The third-order valence-corrected chi connectivity index (χ3v) is 7.98. The number of ether oxygens (including phenoxy) is 3. The molecule has 0 bridgehead atoms. The number of nitrogens with one attached hydrogen (secondary N) is 1. The van der Waals surface area contributed by atoms with E-state index >= 15 is 0 Å². The number of hydrogen-bond donors (Lipinski definition) is 1. The lowest BCUT2D eigenvalue weighted by Crippen LogP contribution is -2.25. The van der Waals surface area contributed by atoms with E-state index in [1.807, 2.05) is 43.3 Å². The second-order valence-corrected chi connectivity index (χ2v) is 10.5. The minimum absolute atomic E-state index is 0.0593. The van der Waals surface area contributed by atoms with Crippen LogP contribution in [0.3, 0.4) is 0 Å². The fraction of sp³-hybridized carbons (Fsp3) is 0.467. The molecule has 7 nitrogen and oxygen atoms in total. The number of nitrogens with zero attached hydrogens (tertiary/aromatic N) is 2. The summed E-state index contributed by atoms with van der Waals surface area (Å²) in [6.45, 7) is 3.41. The maximum Gasteiger partial charge on any atom is 0.411 e. The molecule has 2 heterocycles. The molecule has 1 saturated heterocycles. The highest BCUT2D eigenvalue weighted by Gasteiger charge is 2.31. The molecule has 6 rings (SSSR count). The van der Waals surface area contributed by atoms with Gasteiger partial charge in [0, 0.05) is 36.0 Å². The molecule has 1 N–H and O–H groups in total. The number of carbonyl (C=O) groups is 1. The van der Waals surface area contributed by atoms with Crippen LogP contribution in [0, 0.1) is 17.2 Å². The third-order valence-electron chi connectivity index (χ3n) is 7.98. The number of nitriles is 1. The zero-order valence-electron chi connectivity index (χ0n) is 21.2. The number of carbonyl (C=O) groups excluding carboxylic acids is 1. The normalized spacial score (nSPS) is 19.1. The fourth-order valence-electron chi connectivity index (χ4n) is 5.46. The number of fused-ring (bicyclic) bond motifs is 1. The average Bonchev–Trinajstić information content (AvgIpc) is 3.68. The zero-order valence-corrected chi connectivity index (χ0v) is 21.2. The van der Waals surface area contributed by atoms with Crippen LogP contribution >= 0.6 is 0 Å². The minimum Gasteiger partial charge on any atom is -0.490 e. The van der Waals surface area contributed by atoms with Gasteiger partial charge in [0.1, 0.15) is 24.0 Å². The van der Waals surface area contributed by atoms with Crippen molar-refractivity contribution in [3.05, 3.63) is 48.0 Å². The van der Waals surface area contributed by atoms with Crippen molar-refractivity contribution in [2.45, 2.75) is 70.1 Å². The molecule has 2 aliphatic carbocycles. The van der Waals surface area contributed by atoms with Gasteiger partial charge in [-0.25, -0.2) is 4.79 Å². The highest BCUT2D eigenvalue weighted by atomic mass is 16.6. The highest BCUT2D eigenvalue weighted by Crippen LogP contribution is 2.43. The summed E-state index contributed by atoms with van der Waals surface area (Å²) in [5.41, 5.74) is 4.28. The third kappa shape index (κ3) is 4.91. The number of hydrogen-bond acceptors (Lipinski definition) is 5. The zero-order chi connectivity index (χ0) is 25.4. The van der Waals surface area contributed by atoms with Gasteiger partial charge >= 0.3 is 6.09 Å². The summed E-state index contributed by atoms with van der Waals surface area (Å²) >= 11 is 0. The maximum atomic E-state index is 12.3. The molecule has 3 aliphatic rings. The Morgan fingerprint density at radius 1 is 1.08 bits per heavy atom. The van der Waals surface area contributed by atoms with Gasteiger partial charge < -0.3 is 18.8 Å². The van der Waals surface area contributed by atoms with Crippen LogP contribution in [0.4, 0.5) is 10.5 Å². The van der Waals surface area contributed by atoms with Crippen LogP contribution < -0.4 is 10.1 Å². The first kappa shape index (κ1) is 23.9. The van der Waals surface area contributed by atoms with Gasteiger partial charge in [-0.2, -0.15) is 5.26 Å². The first-order chi connectivity index (χ1) is 18.1. The molecule has 1 aliphatic heterocycles. The van der Waals surface area contributed by atoms with E-state index in [0.29, 0.717) is 23.2 Å². The molecule has 2 saturated carbocycles. The van der Waals surface area contributed by atoms with Gasteiger partial charge in [0.25, 0.3) is 0 Å². The molecule has 1 atom stereocenters. The summed E-state index contributed by atoms with van der Waals surface area (Å²) in [4.78, 5) is 12.3. The lowest BCUT2D eigenvalue weighted by Gasteiger charge is -2.30. The van der Waals surface area contributed by atoms with Crippen LogP contribution in [-0.4, -0.2) is 36.1 Å². The van der Waals surface area contributed by atoms with Crippen LogP contribution in [-0.2, 0) is 9.47 Å². The Morgan fingerprint density at radius 2 is 1.84 bits per heavy atom. The Balaban J connectivity index is 1.30. The van der Waals surface area contributed by atoms with Crippen molar-refractivity contribution >= 4 is 22.7 Å². The molecule has 0 radical (unpaired) electrons. The predicted molar refractivity (Wildman–Crippen MR) is 142 cm³/mol. The van der Waals surface area contributed by atoms with Gasteiger partial charge in [-0.15, -0.1) is 0 Å². The van der Waals surface area contributed by atoms with Crippen molar-refractivity contribution in [2.75, 3.05) is 18.5 Å².